The van der Waals surface area contributed by atoms with Crippen molar-refractivity contribution in [2.75, 3.05) is 6.61 Å². The van der Waals surface area contributed by atoms with Crippen molar-refractivity contribution in [1.82, 2.24) is 4.98 Å². The lowest BCUT2D eigenvalue weighted by Crippen LogP contribution is -2.04. The fourth-order valence-corrected chi connectivity index (χ4v) is 2.43. The van der Waals surface area contributed by atoms with Crippen molar-refractivity contribution < 1.29 is 4.74 Å². The Morgan fingerprint density at radius 2 is 2.29 bits per heavy atom. The van der Waals surface area contributed by atoms with Gasteiger partial charge in [-0.05, 0) is 26.0 Å². The molecule has 2 rings (SSSR count). The van der Waals surface area contributed by atoms with Crippen LogP contribution in [0.5, 0.6) is 5.75 Å². The van der Waals surface area contributed by atoms with Crippen LogP contribution in [0.4, 0.5) is 0 Å². The van der Waals surface area contributed by atoms with Gasteiger partial charge in [0.1, 0.15) is 10.8 Å². The van der Waals surface area contributed by atoms with Gasteiger partial charge in [-0.1, -0.05) is 12.1 Å². The van der Waals surface area contributed by atoms with Crippen LogP contribution >= 0.6 is 11.3 Å². The summed E-state index contributed by atoms with van der Waals surface area (Å²) in [4.78, 5) is 4.52. The first-order valence-electron chi connectivity index (χ1n) is 5.65. The van der Waals surface area contributed by atoms with E-state index in [0.717, 1.165) is 22.0 Å². The van der Waals surface area contributed by atoms with Gasteiger partial charge in [0.05, 0.1) is 12.3 Å². The summed E-state index contributed by atoms with van der Waals surface area (Å²) < 4.78 is 5.47. The van der Waals surface area contributed by atoms with Crippen LogP contribution in [0.25, 0.3) is 10.6 Å². The molecule has 0 saturated heterocycles. The van der Waals surface area contributed by atoms with E-state index in [4.69, 9.17) is 10.5 Å². The maximum absolute atomic E-state index is 5.80. The zero-order chi connectivity index (χ0) is 12.3. The average molecular weight is 248 g/mol. The van der Waals surface area contributed by atoms with Gasteiger partial charge in [-0.25, -0.2) is 4.98 Å². The van der Waals surface area contributed by atoms with Crippen molar-refractivity contribution in [2.45, 2.75) is 19.9 Å². The number of hydrogen-bond donors (Lipinski definition) is 1. The third-order valence-corrected chi connectivity index (χ3v) is 3.29. The second-order valence-corrected chi connectivity index (χ2v) is 4.69. The lowest BCUT2D eigenvalue weighted by Gasteiger charge is -2.04. The lowest BCUT2D eigenvalue weighted by molar-refractivity contribution is 0.340. The van der Waals surface area contributed by atoms with Crippen molar-refractivity contribution in [3.8, 4) is 16.3 Å². The second kappa shape index (κ2) is 5.29. The zero-order valence-corrected chi connectivity index (χ0v) is 10.8. The predicted octanol–water partition coefficient (Wildman–Crippen LogP) is 3.23. The smallest absolute Gasteiger partial charge is 0.123 e. The standard InChI is InChI=1S/C13H16N2OS/c1-3-16-11-6-4-5-10(7-11)13-15-12(8-17-13)9(2)14/h4-9H,3,14H2,1-2H3. The van der Waals surface area contributed by atoms with Crippen molar-refractivity contribution >= 4 is 11.3 Å². The molecule has 17 heavy (non-hydrogen) atoms. The van der Waals surface area contributed by atoms with Crippen LogP contribution in [0.3, 0.4) is 0 Å². The minimum atomic E-state index is -0.0184. The van der Waals surface area contributed by atoms with Gasteiger partial charge < -0.3 is 10.5 Å². The molecule has 1 unspecified atom stereocenters. The first-order valence-corrected chi connectivity index (χ1v) is 6.53. The first-order chi connectivity index (χ1) is 8.20. The quantitative estimate of drug-likeness (QED) is 0.903. The van der Waals surface area contributed by atoms with Crippen LogP contribution in [0, 0.1) is 0 Å². The zero-order valence-electron chi connectivity index (χ0n) is 10.0. The first kappa shape index (κ1) is 12.1. The Bertz CT molecular complexity index is 494. The Kier molecular flexibility index (Phi) is 3.76. The monoisotopic (exact) mass is 248 g/mol. The van der Waals surface area contributed by atoms with E-state index < -0.39 is 0 Å². The molecule has 0 bridgehead atoms. The van der Waals surface area contributed by atoms with E-state index in [2.05, 4.69) is 4.98 Å². The van der Waals surface area contributed by atoms with E-state index in [1.165, 1.54) is 0 Å². The average Bonchev–Trinajstić information content (AvgIpc) is 2.79. The third-order valence-electron chi connectivity index (χ3n) is 2.38. The van der Waals surface area contributed by atoms with E-state index in [-0.39, 0.29) is 6.04 Å². The Labute approximate surface area is 105 Å². The van der Waals surface area contributed by atoms with Gasteiger partial charge in [-0.3, -0.25) is 0 Å². The maximum atomic E-state index is 5.80. The molecular weight excluding hydrogens is 232 g/mol. The normalized spacial score (nSPS) is 12.4. The number of hydrogen-bond acceptors (Lipinski definition) is 4. The van der Waals surface area contributed by atoms with E-state index in [1.807, 2.05) is 43.5 Å². The number of thiazole rings is 1. The summed E-state index contributed by atoms with van der Waals surface area (Å²) in [5, 5.41) is 2.99. The summed E-state index contributed by atoms with van der Waals surface area (Å²) in [5.74, 6) is 0.877. The molecule has 3 nitrogen and oxygen atoms in total. The summed E-state index contributed by atoms with van der Waals surface area (Å²) in [6.07, 6.45) is 0. The molecule has 0 saturated carbocycles. The maximum Gasteiger partial charge on any atom is 0.123 e. The Morgan fingerprint density at radius 3 is 2.94 bits per heavy atom. The molecule has 4 heteroatoms. The van der Waals surface area contributed by atoms with Crippen LogP contribution in [0.1, 0.15) is 25.6 Å². The van der Waals surface area contributed by atoms with Crippen molar-refractivity contribution in [3.63, 3.8) is 0 Å². The second-order valence-electron chi connectivity index (χ2n) is 3.83. The van der Waals surface area contributed by atoms with Crippen LogP contribution in [-0.4, -0.2) is 11.6 Å². The molecule has 1 atom stereocenters. The van der Waals surface area contributed by atoms with Gasteiger partial charge in [0.25, 0.3) is 0 Å². The van der Waals surface area contributed by atoms with Crippen molar-refractivity contribution in [2.24, 2.45) is 5.73 Å². The van der Waals surface area contributed by atoms with Gasteiger partial charge in [-0.2, -0.15) is 0 Å². The fraction of sp³-hybridized carbons (Fsp3) is 0.308. The van der Waals surface area contributed by atoms with Crippen LogP contribution < -0.4 is 10.5 Å². The van der Waals surface area contributed by atoms with Gasteiger partial charge in [0, 0.05) is 17.0 Å². The van der Waals surface area contributed by atoms with E-state index in [1.54, 1.807) is 11.3 Å². The highest BCUT2D eigenvalue weighted by molar-refractivity contribution is 7.13. The largest absolute Gasteiger partial charge is 0.494 e. The van der Waals surface area contributed by atoms with E-state index in [9.17, 15) is 0 Å². The number of rotatable bonds is 4. The van der Waals surface area contributed by atoms with E-state index >= 15 is 0 Å². The van der Waals surface area contributed by atoms with Crippen LogP contribution in [-0.2, 0) is 0 Å². The molecule has 0 spiro atoms. The molecule has 0 fully saturated rings. The molecule has 0 aliphatic rings. The number of nitrogens with two attached hydrogens (primary N) is 1. The van der Waals surface area contributed by atoms with E-state index in [0.29, 0.717) is 6.61 Å². The molecule has 0 aliphatic heterocycles. The summed E-state index contributed by atoms with van der Waals surface area (Å²) in [5.41, 5.74) is 7.82. The van der Waals surface area contributed by atoms with Gasteiger partial charge in [0.15, 0.2) is 0 Å². The molecular formula is C13H16N2OS. The SMILES string of the molecule is CCOc1cccc(-c2nc(C(C)N)cs2)c1. The minimum absolute atomic E-state index is 0.0184. The number of nitrogens with zero attached hydrogens (tertiary/aromatic N) is 1. The summed E-state index contributed by atoms with van der Waals surface area (Å²) in [6, 6.07) is 7.95. The minimum Gasteiger partial charge on any atom is -0.494 e. The van der Waals surface area contributed by atoms with Crippen molar-refractivity contribution in [3.05, 3.63) is 35.3 Å². The Hall–Kier alpha value is -1.39. The summed E-state index contributed by atoms with van der Waals surface area (Å²) in [7, 11) is 0. The van der Waals surface area contributed by atoms with Gasteiger partial charge >= 0.3 is 0 Å². The predicted molar refractivity (Wildman–Crippen MR) is 71.3 cm³/mol. The number of aromatic nitrogens is 1. The molecule has 1 aromatic carbocycles. The Balaban J connectivity index is 2.28. The van der Waals surface area contributed by atoms with Crippen LogP contribution in [0.15, 0.2) is 29.6 Å². The fourth-order valence-electron chi connectivity index (χ4n) is 1.51. The molecule has 90 valence electrons. The molecule has 0 radical (unpaired) electrons. The van der Waals surface area contributed by atoms with Gasteiger partial charge in [0.2, 0.25) is 0 Å². The van der Waals surface area contributed by atoms with Crippen LogP contribution in [0.2, 0.25) is 0 Å². The number of benzene rings is 1. The molecule has 0 amide bonds. The third kappa shape index (κ3) is 2.84. The Morgan fingerprint density at radius 1 is 1.47 bits per heavy atom. The highest BCUT2D eigenvalue weighted by atomic mass is 32.1. The topological polar surface area (TPSA) is 48.1 Å². The summed E-state index contributed by atoms with van der Waals surface area (Å²) >= 11 is 1.61. The molecule has 0 aliphatic carbocycles. The molecule has 2 aromatic rings. The molecule has 2 N–H and O–H groups in total. The number of ether oxygens (including phenoxy) is 1. The lowest BCUT2D eigenvalue weighted by atomic mass is 10.2. The molecule has 1 heterocycles. The highest BCUT2D eigenvalue weighted by Gasteiger charge is 2.08. The molecule has 1 aromatic heterocycles. The van der Waals surface area contributed by atoms with Gasteiger partial charge in [-0.15, -0.1) is 11.3 Å². The highest BCUT2D eigenvalue weighted by Crippen LogP contribution is 2.28. The van der Waals surface area contributed by atoms with Crippen molar-refractivity contribution in [1.29, 1.82) is 0 Å². The summed E-state index contributed by atoms with van der Waals surface area (Å²) in [6.45, 7) is 4.59.